The summed E-state index contributed by atoms with van der Waals surface area (Å²) in [6.45, 7) is 4.97. The molecule has 4 rings (SSSR count). The van der Waals surface area contributed by atoms with Gasteiger partial charge in [-0.25, -0.2) is 0 Å². The molecule has 4 aromatic rings. The van der Waals surface area contributed by atoms with Crippen LogP contribution in [0.5, 0.6) is 0 Å². The highest BCUT2D eigenvalue weighted by molar-refractivity contribution is 5.97. The number of benzene rings is 1. The van der Waals surface area contributed by atoms with Gasteiger partial charge in [-0.15, -0.1) is 0 Å². The van der Waals surface area contributed by atoms with Crippen molar-refractivity contribution in [1.29, 1.82) is 0 Å². The maximum Gasteiger partial charge on any atom is 0.268 e. The highest BCUT2D eigenvalue weighted by Crippen LogP contribution is 2.25. The second kappa shape index (κ2) is 7.11. The molecule has 0 atom stereocenters. The van der Waals surface area contributed by atoms with Crippen LogP contribution in [0.2, 0.25) is 0 Å². The molecule has 3 aromatic heterocycles. The zero-order valence-electron chi connectivity index (χ0n) is 15.4. The Morgan fingerprint density at radius 3 is 2.78 bits per heavy atom. The fourth-order valence-electron chi connectivity index (χ4n) is 3.28. The second-order valence-electron chi connectivity index (χ2n) is 6.72. The number of hydrogen-bond donors (Lipinski definition) is 1. The topological polar surface area (TPSA) is 60.1 Å². The molecule has 5 nitrogen and oxygen atoms in total. The molecule has 136 valence electrons. The highest BCUT2D eigenvalue weighted by Gasteiger charge is 2.18. The van der Waals surface area contributed by atoms with E-state index in [1.165, 1.54) is 5.56 Å². The summed E-state index contributed by atoms with van der Waals surface area (Å²) in [6.07, 6.45) is 1.72. The van der Waals surface area contributed by atoms with Gasteiger partial charge in [0.1, 0.15) is 11.5 Å². The van der Waals surface area contributed by atoms with E-state index < -0.39 is 0 Å². The van der Waals surface area contributed by atoms with Crippen molar-refractivity contribution in [2.24, 2.45) is 0 Å². The van der Waals surface area contributed by atoms with E-state index in [4.69, 9.17) is 4.42 Å². The van der Waals surface area contributed by atoms with E-state index in [0.717, 1.165) is 28.1 Å². The van der Waals surface area contributed by atoms with Crippen molar-refractivity contribution < 1.29 is 9.21 Å². The van der Waals surface area contributed by atoms with Crippen molar-refractivity contribution in [3.05, 3.63) is 89.1 Å². The lowest BCUT2D eigenvalue weighted by Crippen LogP contribution is -2.26. The average molecular weight is 359 g/mol. The molecule has 0 aliphatic rings. The van der Waals surface area contributed by atoms with Gasteiger partial charge in [0.15, 0.2) is 5.58 Å². The molecule has 0 saturated heterocycles. The molecule has 3 heterocycles. The van der Waals surface area contributed by atoms with Gasteiger partial charge >= 0.3 is 0 Å². The Morgan fingerprint density at radius 2 is 2.00 bits per heavy atom. The second-order valence-corrected chi connectivity index (χ2v) is 6.72. The Bertz CT molecular complexity index is 1090. The van der Waals surface area contributed by atoms with Crippen molar-refractivity contribution in [1.82, 2.24) is 14.9 Å². The third kappa shape index (κ3) is 3.62. The van der Waals surface area contributed by atoms with Crippen molar-refractivity contribution in [2.45, 2.75) is 26.9 Å². The maximum atomic E-state index is 12.8. The Kier molecular flexibility index (Phi) is 4.50. The molecule has 1 N–H and O–H groups in total. The standard InChI is InChI=1S/C22H21N3O2/c1-15-6-5-7-17(10-15)14-25-19-11-16(2)27-21(19)12-20(25)22(26)24-13-18-8-3-4-9-23-18/h3-12H,13-14H2,1-2H3,(H,24,26). The minimum atomic E-state index is -0.141. The first-order valence-electron chi connectivity index (χ1n) is 8.93. The first kappa shape index (κ1) is 17.1. The van der Waals surface area contributed by atoms with E-state index in [-0.39, 0.29) is 5.91 Å². The zero-order valence-corrected chi connectivity index (χ0v) is 15.4. The zero-order chi connectivity index (χ0) is 18.8. The average Bonchev–Trinajstić information content (AvgIpc) is 3.18. The molecular weight excluding hydrogens is 338 g/mol. The fraction of sp³-hybridized carbons (Fsp3) is 0.182. The third-order valence-corrected chi connectivity index (χ3v) is 4.52. The minimum Gasteiger partial charge on any atom is -0.460 e. The molecule has 0 bridgehead atoms. The molecule has 0 spiro atoms. The molecule has 0 aliphatic carbocycles. The van der Waals surface area contributed by atoms with Crippen LogP contribution in [0.15, 0.2) is 65.2 Å². The van der Waals surface area contributed by atoms with Crippen molar-refractivity contribution >= 4 is 17.0 Å². The Labute approximate surface area is 157 Å². The van der Waals surface area contributed by atoms with Crippen LogP contribution >= 0.6 is 0 Å². The number of hydrogen-bond acceptors (Lipinski definition) is 3. The lowest BCUT2D eigenvalue weighted by atomic mass is 10.1. The minimum absolute atomic E-state index is 0.141. The maximum absolute atomic E-state index is 12.8. The van der Waals surface area contributed by atoms with Crippen LogP contribution in [0.25, 0.3) is 11.1 Å². The van der Waals surface area contributed by atoms with Crippen LogP contribution < -0.4 is 5.32 Å². The van der Waals surface area contributed by atoms with Crippen LogP contribution in [0.4, 0.5) is 0 Å². The number of aromatic nitrogens is 2. The molecule has 1 amide bonds. The normalized spacial score (nSPS) is 11.0. The molecule has 1 aromatic carbocycles. The largest absolute Gasteiger partial charge is 0.460 e. The lowest BCUT2D eigenvalue weighted by molar-refractivity contribution is 0.0942. The van der Waals surface area contributed by atoms with Gasteiger partial charge in [0.05, 0.1) is 17.8 Å². The molecular formula is C22H21N3O2. The Balaban J connectivity index is 1.65. The molecule has 0 aliphatic heterocycles. The summed E-state index contributed by atoms with van der Waals surface area (Å²) >= 11 is 0. The van der Waals surface area contributed by atoms with E-state index in [1.807, 2.05) is 47.9 Å². The number of aryl methyl sites for hydroxylation is 2. The van der Waals surface area contributed by atoms with Crippen LogP contribution in [0.3, 0.4) is 0 Å². The van der Waals surface area contributed by atoms with Crippen molar-refractivity contribution in [2.75, 3.05) is 0 Å². The van der Waals surface area contributed by atoms with Gasteiger partial charge in [0.2, 0.25) is 0 Å². The summed E-state index contributed by atoms with van der Waals surface area (Å²) in [6, 6.07) is 17.7. The van der Waals surface area contributed by atoms with Gasteiger partial charge in [-0.05, 0) is 31.5 Å². The van der Waals surface area contributed by atoms with Crippen molar-refractivity contribution in [3.8, 4) is 0 Å². The predicted octanol–water partition coefficient (Wildman–Crippen LogP) is 4.22. The number of carbonyl (C=O) groups is 1. The Morgan fingerprint density at radius 1 is 1.11 bits per heavy atom. The monoisotopic (exact) mass is 359 g/mol. The number of amides is 1. The summed E-state index contributed by atoms with van der Waals surface area (Å²) < 4.78 is 7.76. The van der Waals surface area contributed by atoms with Gasteiger partial charge in [0.25, 0.3) is 5.91 Å². The highest BCUT2D eigenvalue weighted by atomic mass is 16.3. The van der Waals surface area contributed by atoms with E-state index in [9.17, 15) is 4.79 Å². The van der Waals surface area contributed by atoms with Crippen LogP contribution in [-0.4, -0.2) is 15.5 Å². The van der Waals surface area contributed by atoms with E-state index in [1.54, 1.807) is 6.20 Å². The number of pyridine rings is 1. The summed E-state index contributed by atoms with van der Waals surface area (Å²) in [5, 5.41) is 2.95. The third-order valence-electron chi connectivity index (χ3n) is 4.52. The predicted molar refractivity (Wildman–Crippen MR) is 105 cm³/mol. The van der Waals surface area contributed by atoms with Crippen LogP contribution in [-0.2, 0) is 13.1 Å². The summed E-state index contributed by atoms with van der Waals surface area (Å²) in [4.78, 5) is 17.1. The molecule has 0 unspecified atom stereocenters. The Hall–Kier alpha value is -3.34. The van der Waals surface area contributed by atoms with E-state index in [2.05, 4.69) is 35.4 Å². The number of nitrogens with one attached hydrogen (secondary N) is 1. The first-order valence-corrected chi connectivity index (χ1v) is 8.93. The summed E-state index contributed by atoms with van der Waals surface area (Å²) in [5.74, 6) is 0.691. The van der Waals surface area contributed by atoms with Gasteiger partial charge < -0.3 is 14.3 Å². The van der Waals surface area contributed by atoms with E-state index in [0.29, 0.717) is 18.8 Å². The van der Waals surface area contributed by atoms with Gasteiger partial charge in [-0.2, -0.15) is 0 Å². The van der Waals surface area contributed by atoms with Gasteiger partial charge in [-0.1, -0.05) is 35.9 Å². The van der Waals surface area contributed by atoms with Crippen LogP contribution in [0.1, 0.15) is 33.1 Å². The SMILES string of the molecule is Cc1cccc(Cn2c(C(=O)NCc3ccccn3)cc3oc(C)cc32)c1. The molecule has 0 saturated carbocycles. The van der Waals surface area contributed by atoms with Crippen LogP contribution in [0, 0.1) is 13.8 Å². The molecule has 5 heteroatoms. The van der Waals surface area contributed by atoms with E-state index >= 15 is 0 Å². The van der Waals surface area contributed by atoms with Gasteiger partial charge in [-0.3, -0.25) is 9.78 Å². The number of rotatable bonds is 5. The van der Waals surface area contributed by atoms with Gasteiger partial charge in [0, 0.05) is 24.9 Å². The lowest BCUT2D eigenvalue weighted by Gasteiger charge is -2.11. The summed E-state index contributed by atoms with van der Waals surface area (Å²) in [7, 11) is 0. The molecule has 0 radical (unpaired) electrons. The summed E-state index contributed by atoms with van der Waals surface area (Å²) in [5.41, 5.74) is 5.40. The number of furan rings is 1. The quantitative estimate of drug-likeness (QED) is 0.580. The number of fused-ring (bicyclic) bond motifs is 1. The van der Waals surface area contributed by atoms with Crippen molar-refractivity contribution in [3.63, 3.8) is 0 Å². The number of nitrogens with zero attached hydrogens (tertiary/aromatic N) is 2. The molecule has 0 fully saturated rings. The number of carbonyl (C=O) groups excluding carboxylic acids is 1. The first-order chi connectivity index (χ1) is 13.1. The fourth-order valence-corrected chi connectivity index (χ4v) is 3.28. The smallest absolute Gasteiger partial charge is 0.268 e. The molecule has 27 heavy (non-hydrogen) atoms.